The van der Waals surface area contributed by atoms with Crippen LogP contribution in [0.15, 0.2) is 30.5 Å². The number of hydrogen-bond acceptors (Lipinski definition) is 5. The molecule has 1 aliphatic heterocycles. The number of ether oxygens (including phenoxy) is 1. The molecule has 0 spiro atoms. The Morgan fingerprint density at radius 2 is 1.91 bits per heavy atom. The summed E-state index contributed by atoms with van der Waals surface area (Å²) in [6.45, 7) is 2.11. The van der Waals surface area contributed by atoms with Crippen molar-refractivity contribution in [2.75, 3.05) is 30.4 Å². The molecular formula is C17H21ClN4O. The van der Waals surface area contributed by atoms with Crippen LogP contribution in [0.5, 0.6) is 5.75 Å². The molecule has 0 atom stereocenters. The summed E-state index contributed by atoms with van der Waals surface area (Å²) < 4.78 is 5.35. The highest BCUT2D eigenvalue weighted by atomic mass is 35.5. The number of methoxy groups -OCH3 is 1. The smallest absolute Gasteiger partial charge is 0.229 e. The van der Waals surface area contributed by atoms with Crippen molar-refractivity contribution in [1.29, 1.82) is 0 Å². The fourth-order valence-corrected chi connectivity index (χ4v) is 2.96. The topological polar surface area (TPSA) is 50.3 Å². The van der Waals surface area contributed by atoms with Crippen LogP contribution < -0.4 is 15.0 Å². The van der Waals surface area contributed by atoms with Gasteiger partial charge in [-0.05, 0) is 37.1 Å². The number of nitrogens with one attached hydrogen (secondary N) is 1. The van der Waals surface area contributed by atoms with E-state index in [-0.39, 0.29) is 0 Å². The van der Waals surface area contributed by atoms with Crippen LogP contribution in [0.1, 0.15) is 25.7 Å². The summed E-state index contributed by atoms with van der Waals surface area (Å²) in [7, 11) is 1.63. The molecule has 5 nitrogen and oxygen atoms in total. The fourth-order valence-electron chi connectivity index (χ4n) is 2.78. The van der Waals surface area contributed by atoms with Crippen LogP contribution in [0.4, 0.5) is 17.5 Å². The van der Waals surface area contributed by atoms with Gasteiger partial charge in [-0.25, -0.2) is 4.98 Å². The van der Waals surface area contributed by atoms with Crippen LogP contribution >= 0.6 is 11.6 Å². The van der Waals surface area contributed by atoms with Gasteiger partial charge in [0.25, 0.3) is 0 Å². The van der Waals surface area contributed by atoms with E-state index in [1.165, 1.54) is 25.7 Å². The van der Waals surface area contributed by atoms with Crippen LogP contribution in [0, 0.1) is 0 Å². The second kappa shape index (κ2) is 7.51. The van der Waals surface area contributed by atoms with Crippen molar-refractivity contribution in [3.63, 3.8) is 0 Å². The van der Waals surface area contributed by atoms with Crippen molar-refractivity contribution in [2.24, 2.45) is 0 Å². The van der Waals surface area contributed by atoms with E-state index in [1.54, 1.807) is 19.4 Å². The van der Waals surface area contributed by atoms with Crippen LogP contribution in [0.25, 0.3) is 0 Å². The largest absolute Gasteiger partial charge is 0.495 e. The molecule has 6 heteroatoms. The van der Waals surface area contributed by atoms with Crippen molar-refractivity contribution >= 4 is 29.1 Å². The lowest BCUT2D eigenvalue weighted by molar-refractivity contribution is 0.417. The highest BCUT2D eigenvalue weighted by molar-refractivity contribution is 6.30. The van der Waals surface area contributed by atoms with E-state index in [9.17, 15) is 0 Å². The summed E-state index contributed by atoms with van der Waals surface area (Å²) in [4.78, 5) is 11.3. The number of benzene rings is 1. The van der Waals surface area contributed by atoms with Crippen LogP contribution in [-0.2, 0) is 0 Å². The monoisotopic (exact) mass is 332 g/mol. The van der Waals surface area contributed by atoms with Gasteiger partial charge >= 0.3 is 0 Å². The first-order chi connectivity index (χ1) is 11.3. The van der Waals surface area contributed by atoms with Crippen molar-refractivity contribution in [3.8, 4) is 5.75 Å². The van der Waals surface area contributed by atoms with E-state index in [0.29, 0.717) is 16.7 Å². The zero-order valence-electron chi connectivity index (χ0n) is 13.3. The van der Waals surface area contributed by atoms with Crippen molar-refractivity contribution in [2.45, 2.75) is 25.7 Å². The summed E-state index contributed by atoms with van der Waals surface area (Å²) in [6, 6.07) is 7.39. The van der Waals surface area contributed by atoms with Gasteiger partial charge in [-0.1, -0.05) is 24.4 Å². The molecule has 0 radical (unpaired) electrons. The van der Waals surface area contributed by atoms with Gasteiger partial charge in [0.1, 0.15) is 11.6 Å². The lowest BCUT2D eigenvalue weighted by Crippen LogP contribution is -2.25. The summed E-state index contributed by atoms with van der Waals surface area (Å²) in [6.07, 6.45) is 6.81. The molecule has 1 aromatic carbocycles. The Labute approximate surface area is 141 Å². The Morgan fingerprint density at radius 1 is 1.13 bits per heavy atom. The second-order valence-corrected chi connectivity index (χ2v) is 6.05. The highest BCUT2D eigenvalue weighted by Crippen LogP contribution is 2.30. The van der Waals surface area contributed by atoms with Crippen molar-refractivity contribution in [3.05, 3.63) is 35.5 Å². The Bertz CT molecular complexity index is 657. The molecule has 1 saturated heterocycles. The molecule has 1 fully saturated rings. The van der Waals surface area contributed by atoms with Gasteiger partial charge in [-0.15, -0.1) is 0 Å². The first-order valence-electron chi connectivity index (χ1n) is 7.95. The SMILES string of the molecule is COc1ccc(Cl)cc1Nc1nccc(N2CCCCCC2)n1. The van der Waals surface area contributed by atoms with E-state index >= 15 is 0 Å². The molecule has 0 bridgehead atoms. The van der Waals surface area contributed by atoms with Gasteiger partial charge in [0.15, 0.2) is 0 Å². The van der Waals surface area contributed by atoms with E-state index in [4.69, 9.17) is 16.3 Å². The third-order valence-electron chi connectivity index (χ3n) is 3.98. The number of aromatic nitrogens is 2. The number of rotatable bonds is 4. The molecule has 1 aliphatic rings. The highest BCUT2D eigenvalue weighted by Gasteiger charge is 2.12. The molecule has 0 amide bonds. The fraction of sp³-hybridized carbons (Fsp3) is 0.412. The maximum atomic E-state index is 6.07. The Morgan fingerprint density at radius 3 is 2.65 bits per heavy atom. The number of halogens is 1. The zero-order chi connectivity index (χ0) is 16.1. The third-order valence-corrected chi connectivity index (χ3v) is 4.21. The molecule has 0 aliphatic carbocycles. The lowest BCUT2D eigenvalue weighted by atomic mass is 10.2. The number of anilines is 3. The van der Waals surface area contributed by atoms with E-state index in [1.807, 2.05) is 18.2 Å². The summed E-state index contributed by atoms with van der Waals surface area (Å²) in [5.41, 5.74) is 0.757. The van der Waals surface area contributed by atoms with Gasteiger partial charge in [-0.2, -0.15) is 4.98 Å². The van der Waals surface area contributed by atoms with E-state index in [2.05, 4.69) is 20.2 Å². The summed E-state index contributed by atoms with van der Waals surface area (Å²) >= 11 is 6.07. The van der Waals surface area contributed by atoms with Gasteiger partial charge in [0, 0.05) is 24.3 Å². The van der Waals surface area contributed by atoms with Crippen LogP contribution in [0.3, 0.4) is 0 Å². The summed E-state index contributed by atoms with van der Waals surface area (Å²) in [5.74, 6) is 2.22. The summed E-state index contributed by atoms with van der Waals surface area (Å²) in [5, 5.41) is 3.84. The first kappa shape index (κ1) is 15.9. The molecule has 1 aromatic heterocycles. The van der Waals surface area contributed by atoms with Crippen LogP contribution in [-0.4, -0.2) is 30.2 Å². The third kappa shape index (κ3) is 4.05. The quantitative estimate of drug-likeness (QED) is 0.906. The molecular weight excluding hydrogens is 312 g/mol. The van der Waals surface area contributed by atoms with Gasteiger partial charge in [-0.3, -0.25) is 0 Å². The minimum atomic E-state index is 0.548. The Balaban J connectivity index is 1.81. The standard InChI is InChI=1S/C17H21ClN4O/c1-23-15-7-6-13(18)12-14(15)20-17-19-9-8-16(21-17)22-10-4-2-3-5-11-22/h6-9,12H,2-5,10-11H2,1H3,(H,19,20,21). The first-order valence-corrected chi connectivity index (χ1v) is 8.32. The molecule has 0 saturated carbocycles. The Hall–Kier alpha value is -2.01. The maximum absolute atomic E-state index is 6.07. The van der Waals surface area contributed by atoms with Gasteiger partial charge in [0.05, 0.1) is 12.8 Å². The molecule has 3 rings (SSSR count). The average Bonchev–Trinajstić information content (AvgIpc) is 2.85. The van der Waals surface area contributed by atoms with Gasteiger partial charge in [0.2, 0.25) is 5.95 Å². The molecule has 23 heavy (non-hydrogen) atoms. The Kier molecular flexibility index (Phi) is 5.18. The predicted molar refractivity (Wildman–Crippen MR) is 94.0 cm³/mol. The minimum Gasteiger partial charge on any atom is -0.495 e. The normalized spacial score (nSPS) is 15.1. The molecule has 0 unspecified atom stereocenters. The zero-order valence-corrected chi connectivity index (χ0v) is 14.0. The average molecular weight is 333 g/mol. The molecule has 2 heterocycles. The van der Waals surface area contributed by atoms with E-state index < -0.39 is 0 Å². The van der Waals surface area contributed by atoms with Crippen LogP contribution in [0.2, 0.25) is 5.02 Å². The molecule has 1 N–H and O–H groups in total. The molecule has 2 aromatic rings. The maximum Gasteiger partial charge on any atom is 0.229 e. The van der Waals surface area contributed by atoms with Gasteiger partial charge < -0.3 is 15.0 Å². The lowest BCUT2D eigenvalue weighted by Gasteiger charge is -2.21. The number of nitrogens with zero attached hydrogens (tertiary/aromatic N) is 3. The predicted octanol–water partition coefficient (Wildman–Crippen LogP) is 4.26. The van der Waals surface area contributed by atoms with Crippen molar-refractivity contribution in [1.82, 2.24) is 9.97 Å². The van der Waals surface area contributed by atoms with Crippen molar-refractivity contribution < 1.29 is 4.74 Å². The van der Waals surface area contributed by atoms with E-state index in [0.717, 1.165) is 24.6 Å². The molecule has 122 valence electrons. The second-order valence-electron chi connectivity index (χ2n) is 5.61. The minimum absolute atomic E-state index is 0.548. The number of hydrogen-bond donors (Lipinski definition) is 1.